The van der Waals surface area contributed by atoms with E-state index >= 15 is 0 Å². The van der Waals surface area contributed by atoms with Gasteiger partial charge in [0.05, 0.1) is 10.7 Å². The van der Waals surface area contributed by atoms with Gasteiger partial charge in [-0.1, -0.05) is 54.6 Å². The molecule has 3 aromatic carbocycles. The molecule has 1 nitrogen and oxygen atoms in total. The van der Waals surface area contributed by atoms with Crippen LogP contribution in [0.25, 0.3) is 0 Å². The van der Waals surface area contributed by atoms with E-state index in [0.29, 0.717) is 0 Å². The Hall–Kier alpha value is -1.93. The molecule has 1 heterocycles. The van der Waals surface area contributed by atoms with Gasteiger partial charge in [-0.3, -0.25) is 4.79 Å². The molecule has 0 saturated carbocycles. The highest BCUT2D eigenvalue weighted by Crippen LogP contribution is 2.58. The summed E-state index contributed by atoms with van der Waals surface area (Å²) in [5, 5.41) is 3.97. The van der Waals surface area contributed by atoms with Gasteiger partial charge in [0, 0.05) is 0 Å². The van der Waals surface area contributed by atoms with Crippen LogP contribution in [0.15, 0.2) is 114 Å². The Labute approximate surface area is 175 Å². The number of carbonyl (C=O) groups excluding carboxylic acids is 1. The first-order valence-electron chi connectivity index (χ1n) is 8.47. The van der Waals surface area contributed by atoms with Crippen LogP contribution in [0.1, 0.15) is 0 Å². The van der Waals surface area contributed by atoms with E-state index in [4.69, 9.17) is 0 Å². The molecule has 3 aromatic rings. The van der Waals surface area contributed by atoms with Gasteiger partial charge in [0.15, 0.2) is 0 Å². The topological polar surface area (TPSA) is 17.1 Å². The minimum atomic E-state index is -2.02. The zero-order chi connectivity index (χ0) is 17.8. The lowest BCUT2D eigenvalue weighted by molar-refractivity contribution is -0.106. The maximum absolute atomic E-state index is 11.8. The molecule has 0 radical (unpaired) electrons. The lowest BCUT2D eigenvalue weighted by Gasteiger charge is -2.24. The second-order valence-electron chi connectivity index (χ2n) is 6.02. The van der Waals surface area contributed by atoms with Gasteiger partial charge in [-0.25, -0.2) is 0 Å². The summed E-state index contributed by atoms with van der Waals surface area (Å²) >= 11 is 1.32. The number of hydrogen-bond donors (Lipinski definition) is 0. The molecule has 0 aromatic heterocycles. The number of rotatable bonds is 4. The molecule has 0 fully saturated rings. The fraction of sp³-hybridized carbons (Fsp3) is 0. The number of thioether (sulfide) groups is 1. The summed E-state index contributed by atoms with van der Waals surface area (Å²) in [6.45, 7) is 0. The van der Waals surface area contributed by atoms with Gasteiger partial charge in [-0.15, -0.1) is 0 Å². The van der Waals surface area contributed by atoms with Gasteiger partial charge in [0.2, 0.25) is 5.12 Å². The third-order valence-electron chi connectivity index (χ3n) is 4.41. The quantitative estimate of drug-likeness (QED) is 0.560. The van der Waals surface area contributed by atoms with Gasteiger partial charge in [0.1, 0.15) is 23.2 Å². The van der Waals surface area contributed by atoms with Gasteiger partial charge in [-0.05, 0) is 60.3 Å². The van der Waals surface area contributed by atoms with Crippen molar-refractivity contribution in [2.75, 3.05) is 0 Å². The van der Waals surface area contributed by atoms with Crippen molar-refractivity contribution in [1.82, 2.24) is 0 Å². The zero-order valence-electron chi connectivity index (χ0n) is 14.5. The Bertz CT molecular complexity index is 872. The first-order chi connectivity index (χ1) is 12.8. The highest BCUT2D eigenvalue weighted by atomic mass is 79.9. The molecular weight excluding hydrogens is 435 g/mol. The fourth-order valence-electron chi connectivity index (χ4n) is 3.25. The van der Waals surface area contributed by atoms with E-state index in [-0.39, 0.29) is 22.1 Å². The van der Waals surface area contributed by atoms with Crippen molar-refractivity contribution in [3.05, 3.63) is 114 Å². The predicted octanol–water partition coefficient (Wildman–Crippen LogP) is 1.66. The number of benzene rings is 3. The first-order valence-corrected chi connectivity index (χ1v) is 11.1. The molecule has 27 heavy (non-hydrogen) atoms. The number of carbonyl (C=O) groups is 1. The van der Waals surface area contributed by atoms with Crippen molar-refractivity contribution in [3.63, 3.8) is 0 Å². The summed E-state index contributed by atoms with van der Waals surface area (Å²) in [5.41, 5.74) is 0. The number of hydrogen-bond acceptors (Lipinski definition) is 2. The lowest BCUT2D eigenvalue weighted by atomic mass is 10.4. The molecule has 1 aliphatic rings. The van der Waals surface area contributed by atoms with Crippen LogP contribution in [0, 0.1) is 0 Å². The third kappa shape index (κ3) is 4.01. The molecule has 134 valence electrons. The molecule has 0 unspecified atom stereocenters. The second-order valence-corrected chi connectivity index (χ2v) is 10.3. The standard InChI is InChI=1S/C23H18OPS.BrH/c24-23-17-16-22(26-23)18-25(19-10-4-1-5-11-19,20-12-6-2-7-13-20)21-14-8-3-9-15-21;/h1-18H;1H/q+1;/p-1/b22-18-;. The molecular formula is C23H18BrOPS. The highest BCUT2D eigenvalue weighted by Gasteiger charge is 2.44. The molecule has 0 saturated heterocycles. The van der Waals surface area contributed by atoms with Crippen molar-refractivity contribution in [2.45, 2.75) is 0 Å². The summed E-state index contributed by atoms with van der Waals surface area (Å²) in [6, 6.07) is 31.9. The Balaban J connectivity index is 0.00000210. The van der Waals surface area contributed by atoms with Crippen LogP contribution in [0.5, 0.6) is 0 Å². The summed E-state index contributed by atoms with van der Waals surface area (Å²) < 4.78 is 0. The van der Waals surface area contributed by atoms with Gasteiger partial charge >= 0.3 is 0 Å². The van der Waals surface area contributed by atoms with E-state index in [2.05, 4.69) is 96.8 Å². The van der Waals surface area contributed by atoms with Gasteiger partial charge in [-0.2, -0.15) is 0 Å². The molecule has 0 atom stereocenters. The van der Waals surface area contributed by atoms with Crippen LogP contribution in [-0.2, 0) is 4.79 Å². The molecule has 1 aliphatic heterocycles. The van der Waals surface area contributed by atoms with Crippen LogP contribution in [0.2, 0.25) is 0 Å². The Morgan fingerprint density at radius 1 is 0.630 bits per heavy atom. The van der Waals surface area contributed by atoms with Gasteiger partial charge in [0.25, 0.3) is 0 Å². The van der Waals surface area contributed by atoms with E-state index in [9.17, 15) is 4.79 Å². The molecule has 0 bridgehead atoms. The summed E-state index contributed by atoms with van der Waals surface area (Å²) in [7, 11) is -2.02. The number of halogens is 1. The van der Waals surface area contributed by atoms with E-state index in [1.165, 1.54) is 27.7 Å². The maximum Gasteiger partial charge on any atom is 0.217 e. The van der Waals surface area contributed by atoms with Crippen molar-refractivity contribution in [3.8, 4) is 0 Å². The Morgan fingerprint density at radius 3 is 1.37 bits per heavy atom. The van der Waals surface area contributed by atoms with Crippen molar-refractivity contribution in [1.29, 1.82) is 0 Å². The molecule has 4 rings (SSSR count). The first kappa shape index (κ1) is 19.8. The minimum Gasteiger partial charge on any atom is -1.00 e. The van der Waals surface area contributed by atoms with Crippen LogP contribution in [0.3, 0.4) is 0 Å². The van der Waals surface area contributed by atoms with Crippen LogP contribution in [0.4, 0.5) is 0 Å². The van der Waals surface area contributed by atoms with Crippen molar-refractivity contribution < 1.29 is 21.8 Å². The van der Waals surface area contributed by atoms with Crippen molar-refractivity contribution >= 4 is 40.1 Å². The zero-order valence-corrected chi connectivity index (χ0v) is 17.8. The van der Waals surface area contributed by atoms with Crippen LogP contribution < -0.4 is 32.9 Å². The van der Waals surface area contributed by atoms with Crippen molar-refractivity contribution in [2.24, 2.45) is 0 Å². The van der Waals surface area contributed by atoms with E-state index < -0.39 is 7.26 Å². The average molecular weight is 453 g/mol. The molecule has 0 amide bonds. The van der Waals surface area contributed by atoms with Crippen LogP contribution >= 0.6 is 19.0 Å². The van der Waals surface area contributed by atoms with E-state index in [1.807, 2.05) is 6.08 Å². The monoisotopic (exact) mass is 452 g/mol. The highest BCUT2D eigenvalue weighted by molar-refractivity contribution is 8.18. The summed E-state index contributed by atoms with van der Waals surface area (Å²) in [6.07, 6.45) is 3.60. The fourth-order valence-corrected chi connectivity index (χ4v) is 8.18. The Morgan fingerprint density at radius 2 is 1.04 bits per heavy atom. The second kappa shape index (κ2) is 8.84. The third-order valence-corrected chi connectivity index (χ3v) is 9.42. The molecule has 0 N–H and O–H groups in total. The summed E-state index contributed by atoms with van der Waals surface area (Å²) in [5.74, 6) is 2.33. The largest absolute Gasteiger partial charge is 1.00 e. The van der Waals surface area contributed by atoms with E-state index in [1.54, 1.807) is 6.08 Å². The maximum atomic E-state index is 11.8. The van der Waals surface area contributed by atoms with Crippen LogP contribution in [-0.4, -0.2) is 5.12 Å². The normalized spacial score (nSPS) is 15.0. The average Bonchev–Trinajstić information content (AvgIpc) is 3.13. The number of allylic oxidation sites excluding steroid dienone is 1. The Kier molecular flexibility index (Phi) is 6.49. The lowest BCUT2D eigenvalue weighted by Crippen LogP contribution is -3.00. The molecule has 0 spiro atoms. The molecule has 4 heteroatoms. The predicted molar refractivity (Wildman–Crippen MR) is 115 cm³/mol. The van der Waals surface area contributed by atoms with Gasteiger partial charge < -0.3 is 17.0 Å². The summed E-state index contributed by atoms with van der Waals surface area (Å²) in [4.78, 5) is 12.8. The smallest absolute Gasteiger partial charge is 0.217 e. The minimum absolute atomic E-state index is 0. The van der Waals surface area contributed by atoms with E-state index in [0.717, 1.165) is 4.91 Å². The molecule has 0 aliphatic carbocycles. The SMILES string of the molecule is O=C1C=C/C(=C/[P+](c2ccccc2)(c2ccccc2)c2ccccc2)S1.[Br-].